The molecule has 0 aliphatic heterocycles. The minimum absolute atomic E-state index is 0.0816. The minimum Gasteiger partial charge on any atom is -0.506 e. The fourth-order valence-corrected chi connectivity index (χ4v) is 2.33. The molecule has 2 aromatic rings. The predicted octanol–water partition coefficient (Wildman–Crippen LogP) is 3.49. The Kier molecular flexibility index (Phi) is 5.24. The standard InChI is InChI=1S/C17H17ClN2O3/c1-3-11-6-4-5-10(2)15(11)20-17(23)16(22)19-13-9-12(18)7-8-14(13)21/h4-9,21H,3H2,1-2H3,(H,19,22)(H,20,23). The molecule has 5 nitrogen and oxygen atoms in total. The van der Waals surface area contributed by atoms with Crippen molar-refractivity contribution < 1.29 is 14.7 Å². The molecular weight excluding hydrogens is 316 g/mol. The quantitative estimate of drug-likeness (QED) is 0.594. The number of hydrogen-bond donors (Lipinski definition) is 3. The Bertz CT molecular complexity index is 759. The average Bonchev–Trinajstić information content (AvgIpc) is 2.52. The fraction of sp³-hybridized carbons (Fsp3) is 0.176. The van der Waals surface area contributed by atoms with Crippen LogP contribution in [0, 0.1) is 6.92 Å². The van der Waals surface area contributed by atoms with E-state index in [1.807, 2.05) is 32.0 Å². The summed E-state index contributed by atoms with van der Waals surface area (Å²) in [6, 6.07) is 9.83. The van der Waals surface area contributed by atoms with Gasteiger partial charge in [0.2, 0.25) is 0 Å². The van der Waals surface area contributed by atoms with Crippen LogP contribution in [0.4, 0.5) is 11.4 Å². The van der Waals surface area contributed by atoms with Gasteiger partial charge in [-0.1, -0.05) is 36.7 Å². The third-order valence-electron chi connectivity index (χ3n) is 3.39. The number of para-hydroxylation sites is 1. The number of phenolic OH excluding ortho intramolecular Hbond substituents is 1. The highest BCUT2D eigenvalue weighted by atomic mass is 35.5. The number of phenols is 1. The maximum absolute atomic E-state index is 12.1. The first-order valence-corrected chi connectivity index (χ1v) is 7.49. The maximum atomic E-state index is 12.1. The van der Waals surface area contributed by atoms with Crippen molar-refractivity contribution in [3.8, 4) is 5.75 Å². The van der Waals surface area contributed by atoms with Crippen LogP contribution in [-0.2, 0) is 16.0 Å². The van der Waals surface area contributed by atoms with Crippen LogP contribution in [0.3, 0.4) is 0 Å². The second kappa shape index (κ2) is 7.15. The highest BCUT2D eigenvalue weighted by Gasteiger charge is 2.18. The van der Waals surface area contributed by atoms with Crippen molar-refractivity contribution in [3.05, 3.63) is 52.5 Å². The second-order valence-corrected chi connectivity index (χ2v) is 5.47. The number of rotatable bonds is 3. The van der Waals surface area contributed by atoms with Gasteiger partial charge in [0.25, 0.3) is 0 Å². The molecular formula is C17H17ClN2O3. The van der Waals surface area contributed by atoms with Crippen molar-refractivity contribution in [3.63, 3.8) is 0 Å². The van der Waals surface area contributed by atoms with Crippen molar-refractivity contribution in [2.24, 2.45) is 0 Å². The van der Waals surface area contributed by atoms with Crippen molar-refractivity contribution in [2.75, 3.05) is 10.6 Å². The molecule has 0 aliphatic carbocycles. The fourth-order valence-electron chi connectivity index (χ4n) is 2.16. The van der Waals surface area contributed by atoms with Gasteiger partial charge in [0.1, 0.15) is 5.75 Å². The van der Waals surface area contributed by atoms with Gasteiger partial charge in [-0.2, -0.15) is 0 Å². The topological polar surface area (TPSA) is 78.4 Å². The number of halogens is 1. The molecule has 0 saturated heterocycles. The van der Waals surface area contributed by atoms with Crippen LogP contribution < -0.4 is 10.6 Å². The average molecular weight is 333 g/mol. The van der Waals surface area contributed by atoms with Gasteiger partial charge < -0.3 is 15.7 Å². The summed E-state index contributed by atoms with van der Waals surface area (Å²) in [6.07, 6.45) is 0.730. The molecule has 0 aliphatic rings. The summed E-state index contributed by atoms with van der Waals surface area (Å²) in [6.45, 7) is 3.82. The molecule has 23 heavy (non-hydrogen) atoms. The van der Waals surface area contributed by atoms with Gasteiger partial charge in [0.15, 0.2) is 0 Å². The molecule has 3 N–H and O–H groups in total. The first-order chi connectivity index (χ1) is 10.9. The van der Waals surface area contributed by atoms with E-state index >= 15 is 0 Å². The number of nitrogens with one attached hydrogen (secondary N) is 2. The lowest BCUT2D eigenvalue weighted by atomic mass is 10.1. The number of benzene rings is 2. The van der Waals surface area contributed by atoms with E-state index in [0.717, 1.165) is 17.5 Å². The Morgan fingerprint density at radius 3 is 2.52 bits per heavy atom. The van der Waals surface area contributed by atoms with Crippen LogP contribution in [0.2, 0.25) is 5.02 Å². The summed E-state index contributed by atoms with van der Waals surface area (Å²) in [5.74, 6) is -1.86. The zero-order valence-corrected chi connectivity index (χ0v) is 13.6. The van der Waals surface area contributed by atoms with Crippen LogP contribution >= 0.6 is 11.6 Å². The molecule has 0 fully saturated rings. The number of anilines is 2. The SMILES string of the molecule is CCc1cccc(C)c1NC(=O)C(=O)Nc1cc(Cl)ccc1O. The molecule has 0 heterocycles. The molecule has 0 saturated carbocycles. The number of amides is 2. The summed E-state index contributed by atoms with van der Waals surface area (Å²) < 4.78 is 0. The Morgan fingerprint density at radius 1 is 1.13 bits per heavy atom. The van der Waals surface area contributed by atoms with Crippen LogP contribution in [0.25, 0.3) is 0 Å². The number of carbonyl (C=O) groups is 2. The molecule has 0 aromatic heterocycles. The summed E-state index contributed by atoms with van der Waals surface area (Å²) in [5.41, 5.74) is 2.52. The molecule has 0 bridgehead atoms. The van der Waals surface area contributed by atoms with E-state index in [1.54, 1.807) is 0 Å². The molecule has 0 atom stereocenters. The van der Waals surface area contributed by atoms with Crippen LogP contribution in [0.15, 0.2) is 36.4 Å². The first-order valence-electron chi connectivity index (χ1n) is 7.11. The van der Waals surface area contributed by atoms with Gasteiger partial charge in [-0.25, -0.2) is 0 Å². The van der Waals surface area contributed by atoms with E-state index in [2.05, 4.69) is 10.6 Å². The summed E-state index contributed by atoms with van der Waals surface area (Å²) >= 11 is 5.81. The van der Waals surface area contributed by atoms with Gasteiger partial charge in [0, 0.05) is 10.7 Å². The highest BCUT2D eigenvalue weighted by molar-refractivity contribution is 6.44. The number of aromatic hydroxyl groups is 1. The number of aryl methyl sites for hydroxylation is 2. The van der Waals surface area contributed by atoms with Crippen LogP contribution in [0.5, 0.6) is 5.75 Å². The van der Waals surface area contributed by atoms with Gasteiger partial charge in [0.05, 0.1) is 5.69 Å². The first kappa shape index (κ1) is 16.8. The van der Waals surface area contributed by atoms with Crippen molar-refractivity contribution >= 4 is 34.8 Å². The summed E-state index contributed by atoms with van der Waals surface area (Å²) in [4.78, 5) is 24.1. The molecule has 120 valence electrons. The lowest BCUT2D eigenvalue weighted by Crippen LogP contribution is -2.29. The zero-order chi connectivity index (χ0) is 17.0. The second-order valence-electron chi connectivity index (χ2n) is 5.03. The monoisotopic (exact) mass is 332 g/mol. The van der Waals surface area contributed by atoms with E-state index in [4.69, 9.17) is 11.6 Å². The molecule has 2 rings (SSSR count). The lowest BCUT2D eigenvalue weighted by molar-refractivity contribution is -0.133. The third kappa shape index (κ3) is 4.02. The third-order valence-corrected chi connectivity index (χ3v) is 3.63. The smallest absolute Gasteiger partial charge is 0.314 e. The van der Waals surface area contributed by atoms with E-state index in [1.165, 1.54) is 18.2 Å². The van der Waals surface area contributed by atoms with Crippen LogP contribution in [-0.4, -0.2) is 16.9 Å². The summed E-state index contributed by atoms with van der Waals surface area (Å²) in [7, 11) is 0. The lowest BCUT2D eigenvalue weighted by Gasteiger charge is -2.13. The van der Waals surface area contributed by atoms with E-state index in [-0.39, 0.29) is 11.4 Å². The van der Waals surface area contributed by atoms with Crippen LogP contribution in [0.1, 0.15) is 18.1 Å². The largest absolute Gasteiger partial charge is 0.506 e. The van der Waals surface area contributed by atoms with Gasteiger partial charge in [-0.05, 0) is 42.7 Å². The van der Waals surface area contributed by atoms with Crippen molar-refractivity contribution in [1.82, 2.24) is 0 Å². The maximum Gasteiger partial charge on any atom is 0.314 e. The molecule has 6 heteroatoms. The van der Waals surface area contributed by atoms with E-state index in [0.29, 0.717) is 10.7 Å². The Morgan fingerprint density at radius 2 is 1.83 bits per heavy atom. The zero-order valence-electron chi connectivity index (χ0n) is 12.8. The Hall–Kier alpha value is -2.53. The normalized spacial score (nSPS) is 10.2. The molecule has 2 amide bonds. The number of hydrogen-bond acceptors (Lipinski definition) is 3. The Balaban J connectivity index is 2.15. The molecule has 0 unspecified atom stereocenters. The number of carbonyl (C=O) groups excluding carboxylic acids is 2. The summed E-state index contributed by atoms with van der Waals surface area (Å²) in [5, 5.41) is 15.0. The van der Waals surface area contributed by atoms with Crippen molar-refractivity contribution in [2.45, 2.75) is 20.3 Å². The van der Waals surface area contributed by atoms with E-state index < -0.39 is 11.8 Å². The highest BCUT2D eigenvalue weighted by Crippen LogP contribution is 2.26. The van der Waals surface area contributed by atoms with E-state index in [9.17, 15) is 14.7 Å². The molecule has 2 aromatic carbocycles. The molecule has 0 spiro atoms. The van der Waals surface area contributed by atoms with Gasteiger partial charge in [-0.15, -0.1) is 0 Å². The predicted molar refractivity (Wildman–Crippen MR) is 90.9 cm³/mol. The van der Waals surface area contributed by atoms with Crippen molar-refractivity contribution in [1.29, 1.82) is 0 Å². The van der Waals surface area contributed by atoms with Gasteiger partial charge >= 0.3 is 11.8 Å². The Labute approximate surface area is 139 Å². The van der Waals surface area contributed by atoms with Gasteiger partial charge in [-0.3, -0.25) is 9.59 Å². The minimum atomic E-state index is -0.882. The molecule has 0 radical (unpaired) electrons.